The van der Waals surface area contributed by atoms with E-state index in [1.807, 2.05) is 6.92 Å². The minimum absolute atomic E-state index is 0.0320. The minimum atomic E-state index is -4.03. The third-order valence-electron chi connectivity index (χ3n) is 4.41. The molecule has 0 amide bonds. The van der Waals surface area contributed by atoms with Crippen molar-refractivity contribution in [3.05, 3.63) is 59.9 Å². The van der Waals surface area contributed by atoms with Gasteiger partial charge in [-0.1, -0.05) is 24.6 Å². The third-order valence-corrected chi connectivity index (χ3v) is 6.21. The van der Waals surface area contributed by atoms with Crippen molar-refractivity contribution in [1.82, 2.24) is 5.32 Å². The normalized spacial score (nSPS) is 13.7. The van der Waals surface area contributed by atoms with Crippen molar-refractivity contribution in [3.63, 3.8) is 0 Å². The lowest BCUT2D eigenvalue weighted by Gasteiger charge is -2.27. The van der Waals surface area contributed by atoms with Gasteiger partial charge in [0.05, 0.1) is 23.2 Å². The van der Waals surface area contributed by atoms with E-state index in [1.165, 1.54) is 24.3 Å². The second kappa shape index (κ2) is 9.82. The molecule has 0 spiro atoms. The van der Waals surface area contributed by atoms with Crippen LogP contribution in [0.4, 0.5) is 10.1 Å². The van der Waals surface area contributed by atoms with Crippen molar-refractivity contribution in [1.29, 1.82) is 0 Å². The molecule has 0 saturated heterocycles. The van der Waals surface area contributed by atoms with Gasteiger partial charge in [0.2, 0.25) is 0 Å². The predicted octanol–water partition coefficient (Wildman–Crippen LogP) is 2.14. The number of halogens is 1. The molecule has 2 atom stereocenters. The lowest BCUT2D eigenvalue weighted by molar-refractivity contribution is -0.139. The number of anilines is 1. The monoisotopic (exact) mass is 424 g/mol. The van der Waals surface area contributed by atoms with Crippen molar-refractivity contribution in [2.75, 3.05) is 17.4 Å². The Morgan fingerprint density at radius 1 is 1.14 bits per heavy atom. The number of carbonyl (C=O) groups is 1. The highest BCUT2D eigenvalue weighted by molar-refractivity contribution is 7.92. The van der Waals surface area contributed by atoms with E-state index in [-0.39, 0.29) is 23.7 Å². The van der Waals surface area contributed by atoms with E-state index in [1.54, 1.807) is 19.1 Å². The summed E-state index contributed by atoms with van der Waals surface area (Å²) < 4.78 is 40.7. The van der Waals surface area contributed by atoms with Crippen molar-refractivity contribution in [2.24, 2.45) is 0 Å². The number of benzene rings is 2. The summed E-state index contributed by atoms with van der Waals surface area (Å²) in [4.78, 5) is 11.1. The molecule has 2 aromatic carbocycles. The second-order valence-electron chi connectivity index (χ2n) is 6.69. The van der Waals surface area contributed by atoms with Crippen molar-refractivity contribution in [2.45, 2.75) is 37.3 Å². The van der Waals surface area contributed by atoms with Crippen LogP contribution < -0.4 is 9.62 Å². The van der Waals surface area contributed by atoms with Gasteiger partial charge in [-0.3, -0.25) is 9.10 Å². The number of nitrogens with zero attached hydrogens (tertiary/aromatic N) is 1. The lowest BCUT2D eigenvalue weighted by Crippen LogP contribution is -2.45. The number of aliphatic carboxylic acids is 1. The molecule has 0 aliphatic carbocycles. The topological polar surface area (TPSA) is 107 Å². The van der Waals surface area contributed by atoms with Gasteiger partial charge < -0.3 is 15.5 Å². The first-order valence-corrected chi connectivity index (χ1v) is 10.6. The summed E-state index contributed by atoms with van der Waals surface area (Å²) in [6.45, 7) is 3.07. The summed E-state index contributed by atoms with van der Waals surface area (Å²) in [5, 5.41) is 22.2. The standard InChI is InChI=1S/C20H25FN2O5S/c1-3-19(20(25)26)22-12-17(24)13-23(16-8-6-15(21)7-9-16)29(27,28)18-10-4-14(2)5-11-18/h4-11,17,19,22,24H,3,12-13H2,1-2H3,(H,25,26)/t17-,19+/m1/s1. The molecule has 9 heteroatoms. The molecule has 0 radical (unpaired) electrons. The lowest BCUT2D eigenvalue weighted by atomic mass is 10.2. The quantitative estimate of drug-likeness (QED) is 0.540. The van der Waals surface area contributed by atoms with E-state index < -0.39 is 34.0 Å². The van der Waals surface area contributed by atoms with E-state index in [4.69, 9.17) is 5.11 Å². The summed E-state index contributed by atoms with van der Waals surface area (Å²) in [6.07, 6.45) is -0.876. The fourth-order valence-electron chi connectivity index (χ4n) is 2.73. The maximum atomic E-state index is 13.3. The Kier molecular flexibility index (Phi) is 7.72. The zero-order valence-electron chi connectivity index (χ0n) is 16.2. The summed E-state index contributed by atoms with van der Waals surface area (Å²) >= 11 is 0. The average Bonchev–Trinajstić information content (AvgIpc) is 2.67. The van der Waals surface area contributed by atoms with E-state index in [0.717, 1.165) is 22.0 Å². The SMILES string of the molecule is CC[C@H](NC[C@@H](O)CN(c1ccc(F)cc1)S(=O)(=O)c1ccc(C)cc1)C(=O)O. The largest absolute Gasteiger partial charge is 0.480 e. The molecule has 0 aliphatic heterocycles. The fraction of sp³-hybridized carbons (Fsp3) is 0.350. The Morgan fingerprint density at radius 2 is 1.72 bits per heavy atom. The number of aliphatic hydroxyl groups is 1. The van der Waals surface area contributed by atoms with Crippen LogP contribution >= 0.6 is 0 Å². The van der Waals surface area contributed by atoms with Gasteiger partial charge in [-0.2, -0.15) is 0 Å². The Morgan fingerprint density at radius 3 is 2.24 bits per heavy atom. The number of carboxylic acids is 1. The van der Waals surface area contributed by atoms with Crippen LogP contribution in [0.5, 0.6) is 0 Å². The highest BCUT2D eigenvalue weighted by atomic mass is 32.2. The van der Waals surface area contributed by atoms with Crippen LogP contribution in [0.2, 0.25) is 0 Å². The number of carboxylic acid groups (broad SMARTS) is 1. The summed E-state index contributed by atoms with van der Waals surface area (Å²) in [5.74, 6) is -1.57. The summed E-state index contributed by atoms with van der Waals surface area (Å²) in [7, 11) is -4.03. The molecule has 29 heavy (non-hydrogen) atoms. The zero-order valence-corrected chi connectivity index (χ0v) is 17.1. The summed E-state index contributed by atoms with van der Waals surface area (Å²) in [6, 6.07) is 10.3. The molecular weight excluding hydrogens is 399 g/mol. The molecule has 2 rings (SSSR count). The fourth-order valence-corrected chi connectivity index (χ4v) is 4.23. The van der Waals surface area contributed by atoms with Gasteiger partial charge in [0.15, 0.2) is 0 Å². The third kappa shape index (κ3) is 5.99. The van der Waals surface area contributed by atoms with Crippen LogP contribution in [-0.2, 0) is 14.8 Å². The number of aliphatic hydroxyl groups excluding tert-OH is 1. The van der Waals surface area contributed by atoms with Crippen LogP contribution in [0.25, 0.3) is 0 Å². The van der Waals surface area contributed by atoms with Crippen LogP contribution in [-0.4, -0.2) is 49.8 Å². The highest BCUT2D eigenvalue weighted by Gasteiger charge is 2.28. The Hall–Kier alpha value is -2.49. The van der Waals surface area contributed by atoms with Crippen molar-refractivity contribution in [3.8, 4) is 0 Å². The molecule has 2 aromatic rings. The van der Waals surface area contributed by atoms with Gasteiger partial charge in [-0.25, -0.2) is 12.8 Å². The molecular formula is C20H25FN2O5S. The van der Waals surface area contributed by atoms with Gasteiger partial charge in [0.1, 0.15) is 11.9 Å². The molecule has 0 aromatic heterocycles. The molecule has 0 bridgehead atoms. The molecule has 3 N–H and O–H groups in total. The molecule has 0 heterocycles. The predicted molar refractivity (Wildman–Crippen MR) is 108 cm³/mol. The first-order valence-electron chi connectivity index (χ1n) is 9.14. The van der Waals surface area contributed by atoms with Crippen LogP contribution in [0, 0.1) is 12.7 Å². The van der Waals surface area contributed by atoms with E-state index >= 15 is 0 Å². The summed E-state index contributed by atoms with van der Waals surface area (Å²) in [5.41, 5.74) is 1.08. The maximum absolute atomic E-state index is 13.3. The van der Waals surface area contributed by atoms with E-state index in [0.29, 0.717) is 6.42 Å². The number of aryl methyl sites for hydroxylation is 1. The maximum Gasteiger partial charge on any atom is 0.320 e. The molecule has 0 aliphatic rings. The number of sulfonamides is 1. The zero-order chi connectivity index (χ0) is 21.6. The van der Waals surface area contributed by atoms with Crippen molar-refractivity contribution < 1.29 is 27.8 Å². The number of hydrogen-bond acceptors (Lipinski definition) is 5. The van der Waals surface area contributed by atoms with Crippen LogP contribution in [0.3, 0.4) is 0 Å². The van der Waals surface area contributed by atoms with Gasteiger partial charge in [0.25, 0.3) is 10.0 Å². The number of hydrogen-bond donors (Lipinski definition) is 3. The minimum Gasteiger partial charge on any atom is -0.480 e. The van der Waals surface area contributed by atoms with Crippen LogP contribution in [0.15, 0.2) is 53.4 Å². The van der Waals surface area contributed by atoms with Crippen LogP contribution in [0.1, 0.15) is 18.9 Å². The van der Waals surface area contributed by atoms with E-state index in [2.05, 4.69) is 5.32 Å². The molecule has 7 nitrogen and oxygen atoms in total. The average molecular weight is 424 g/mol. The first kappa shape index (κ1) is 22.8. The smallest absolute Gasteiger partial charge is 0.320 e. The van der Waals surface area contributed by atoms with Gasteiger partial charge >= 0.3 is 5.97 Å². The highest BCUT2D eigenvalue weighted by Crippen LogP contribution is 2.24. The van der Waals surface area contributed by atoms with Crippen molar-refractivity contribution >= 4 is 21.7 Å². The molecule has 158 valence electrons. The number of rotatable bonds is 10. The van der Waals surface area contributed by atoms with E-state index in [9.17, 15) is 22.7 Å². The Bertz CT molecular complexity index is 917. The molecule has 0 unspecified atom stereocenters. The Balaban J connectivity index is 2.29. The Labute approximate surface area is 169 Å². The van der Waals surface area contributed by atoms with Gasteiger partial charge in [-0.05, 0) is 49.7 Å². The number of nitrogens with one attached hydrogen (secondary N) is 1. The van der Waals surface area contributed by atoms with Gasteiger partial charge in [0, 0.05) is 6.54 Å². The molecule has 0 saturated carbocycles. The first-order chi connectivity index (χ1) is 13.6. The molecule has 0 fully saturated rings. The second-order valence-corrected chi connectivity index (χ2v) is 8.55. The van der Waals surface area contributed by atoms with Gasteiger partial charge in [-0.15, -0.1) is 0 Å².